The quantitative estimate of drug-likeness (QED) is 0.831. The fourth-order valence-corrected chi connectivity index (χ4v) is 2.52. The van der Waals surface area contributed by atoms with Gasteiger partial charge in [-0.1, -0.05) is 12.1 Å². The maximum atomic E-state index is 12.0. The van der Waals surface area contributed by atoms with Crippen molar-refractivity contribution in [3.63, 3.8) is 0 Å². The van der Waals surface area contributed by atoms with Gasteiger partial charge >= 0.3 is 10.2 Å². The molecular weight excluding hydrogens is 252 g/mol. The van der Waals surface area contributed by atoms with Gasteiger partial charge in [0.1, 0.15) is 0 Å². The van der Waals surface area contributed by atoms with E-state index in [2.05, 4.69) is 4.72 Å². The molecule has 0 saturated heterocycles. The minimum atomic E-state index is -3.64. The Morgan fingerprint density at radius 1 is 1.28 bits per heavy atom. The molecule has 0 unspecified atom stereocenters. The van der Waals surface area contributed by atoms with Crippen LogP contribution in [0.25, 0.3) is 0 Å². The predicted octanol–water partition coefficient (Wildman–Crippen LogP) is 1.89. The highest BCUT2D eigenvalue weighted by Gasteiger charge is 2.21. The molecule has 1 rings (SSSR count). The second-order valence-electron chi connectivity index (χ2n) is 4.32. The Labute approximate surface area is 108 Å². The Morgan fingerprint density at radius 2 is 1.83 bits per heavy atom. The maximum Gasteiger partial charge on any atom is 0.301 e. The molecule has 0 spiro atoms. The smallest absolute Gasteiger partial charge is 0.294 e. The number of carbonyl (C=O) groups excluding carboxylic acids is 1. The zero-order valence-corrected chi connectivity index (χ0v) is 11.8. The Balaban J connectivity index is 3.09. The van der Waals surface area contributed by atoms with E-state index in [1.165, 1.54) is 18.3 Å². The molecule has 0 bridgehead atoms. The van der Waals surface area contributed by atoms with E-state index in [9.17, 15) is 13.2 Å². The lowest BCUT2D eigenvalue weighted by Gasteiger charge is -2.22. The first-order valence-electron chi connectivity index (χ1n) is 5.61. The van der Waals surface area contributed by atoms with Crippen LogP contribution in [0.15, 0.2) is 24.3 Å². The summed E-state index contributed by atoms with van der Waals surface area (Å²) in [6.45, 7) is 4.95. The number of nitrogens with zero attached hydrogens (tertiary/aromatic N) is 1. The van der Waals surface area contributed by atoms with Crippen LogP contribution in [0.3, 0.4) is 0 Å². The second-order valence-corrected chi connectivity index (χ2v) is 6.05. The van der Waals surface area contributed by atoms with Gasteiger partial charge in [-0.25, -0.2) is 0 Å². The van der Waals surface area contributed by atoms with E-state index in [4.69, 9.17) is 0 Å². The van der Waals surface area contributed by atoms with Gasteiger partial charge in [0, 0.05) is 18.7 Å². The first-order chi connectivity index (χ1) is 8.25. The highest BCUT2D eigenvalue weighted by Crippen LogP contribution is 2.18. The van der Waals surface area contributed by atoms with Crippen molar-refractivity contribution >= 4 is 21.7 Å². The van der Waals surface area contributed by atoms with E-state index < -0.39 is 10.2 Å². The van der Waals surface area contributed by atoms with Crippen LogP contribution >= 0.6 is 0 Å². The van der Waals surface area contributed by atoms with Gasteiger partial charge in [-0.2, -0.15) is 12.7 Å². The molecule has 18 heavy (non-hydrogen) atoms. The number of Topliss-reactive ketones (excluding diaryl/α,β-unsaturated/α-hetero) is 1. The van der Waals surface area contributed by atoms with E-state index in [-0.39, 0.29) is 11.8 Å². The molecule has 100 valence electrons. The highest BCUT2D eigenvalue weighted by atomic mass is 32.2. The summed E-state index contributed by atoms with van der Waals surface area (Å²) in [6.07, 6.45) is 0. The van der Waals surface area contributed by atoms with Crippen molar-refractivity contribution in [2.75, 3.05) is 11.8 Å². The van der Waals surface area contributed by atoms with Crippen molar-refractivity contribution in [3.05, 3.63) is 29.8 Å². The highest BCUT2D eigenvalue weighted by molar-refractivity contribution is 7.90. The molecule has 0 aliphatic rings. The number of carbonyl (C=O) groups is 1. The number of para-hydroxylation sites is 1. The zero-order valence-electron chi connectivity index (χ0n) is 11.0. The van der Waals surface area contributed by atoms with Crippen molar-refractivity contribution in [1.82, 2.24) is 4.31 Å². The molecule has 6 heteroatoms. The summed E-state index contributed by atoms with van der Waals surface area (Å²) in [4.78, 5) is 11.4. The first-order valence-corrected chi connectivity index (χ1v) is 7.05. The lowest BCUT2D eigenvalue weighted by Crippen LogP contribution is -2.37. The molecule has 1 N–H and O–H groups in total. The molecule has 0 saturated carbocycles. The zero-order chi connectivity index (χ0) is 13.9. The van der Waals surface area contributed by atoms with Gasteiger partial charge in [-0.3, -0.25) is 9.52 Å². The largest absolute Gasteiger partial charge is 0.301 e. The van der Waals surface area contributed by atoms with Crippen LogP contribution in [0.2, 0.25) is 0 Å². The van der Waals surface area contributed by atoms with Crippen molar-refractivity contribution < 1.29 is 13.2 Å². The van der Waals surface area contributed by atoms with Crippen molar-refractivity contribution in [2.45, 2.75) is 26.8 Å². The van der Waals surface area contributed by atoms with E-state index in [0.717, 1.165) is 0 Å². The first kappa shape index (κ1) is 14.7. The molecule has 0 aromatic heterocycles. The topological polar surface area (TPSA) is 66.5 Å². The summed E-state index contributed by atoms with van der Waals surface area (Å²) in [5.41, 5.74) is 0.663. The van der Waals surface area contributed by atoms with Gasteiger partial charge in [0.2, 0.25) is 0 Å². The molecule has 0 aliphatic carbocycles. The summed E-state index contributed by atoms with van der Waals surface area (Å²) < 4.78 is 27.7. The summed E-state index contributed by atoms with van der Waals surface area (Å²) in [6, 6.07) is 6.38. The number of ketones is 1. The van der Waals surface area contributed by atoms with E-state index in [0.29, 0.717) is 11.3 Å². The summed E-state index contributed by atoms with van der Waals surface area (Å²) >= 11 is 0. The average Bonchev–Trinajstić information content (AvgIpc) is 2.27. The van der Waals surface area contributed by atoms with Crippen LogP contribution in [0.4, 0.5) is 5.69 Å². The third kappa shape index (κ3) is 3.30. The van der Waals surface area contributed by atoms with Gasteiger partial charge in [-0.05, 0) is 32.9 Å². The van der Waals surface area contributed by atoms with Crippen LogP contribution in [0, 0.1) is 0 Å². The summed E-state index contributed by atoms with van der Waals surface area (Å²) in [5, 5.41) is 0. The maximum absolute atomic E-state index is 12.0. The number of rotatable bonds is 5. The number of nitrogens with one attached hydrogen (secondary N) is 1. The lowest BCUT2D eigenvalue weighted by atomic mass is 10.1. The Kier molecular flexibility index (Phi) is 4.48. The minimum absolute atomic E-state index is 0.160. The van der Waals surface area contributed by atoms with Gasteiger partial charge in [0.25, 0.3) is 0 Å². The van der Waals surface area contributed by atoms with E-state index in [1.807, 2.05) is 0 Å². The van der Waals surface area contributed by atoms with Gasteiger partial charge in [-0.15, -0.1) is 0 Å². The number of hydrogen-bond donors (Lipinski definition) is 1. The summed E-state index contributed by atoms with van der Waals surface area (Å²) in [5.74, 6) is -0.180. The third-order valence-corrected chi connectivity index (χ3v) is 4.31. The van der Waals surface area contributed by atoms with Crippen LogP contribution < -0.4 is 4.72 Å². The normalized spacial score (nSPS) is 11.9. The third-order valence-electron chi connectivity index (χ3n) is 2.65. The fraction of sp³-hybridized carbons (Fsp3) is 0.417. The van der Waals surface area contributed by atoms with Gasteiger partial charge in [0.05, 0.1) is 5.69 Å². The molecule has 0 atom stereocenters. The van der Waals surface area contributed by atoms with Crippen LogP contribution in [0.1, 0.15) is 31.1 Å². The molecule has 0 fully saturated rings. The minimum Gasteiger partial charge on any atom is -0.294 e. The fourth-order valence-electron chi connectivity index (χ4n) is 1.37. The van der Waals surface area contributed by atoms with Crippen molar-refractivity contribution in [2.24, 2.45) is 0 Å². The lowest BCUT2D eigenvalue weighted by molar-refractivity contribution is 0.101. The summed E-state index contributed by atoms with van der Waals surface area (Å²) in [7, 11) is -2.15. The monoisotopic (exact) mass is 270 g/mol. The number of benzene rings is 1. The van der Waals surface area contributed by atoms with Crippen molar-refractivity contribution in [1.29, 1.82) is 0 Å². The molecule has 1 aromatic rings. The molecule has 0 amide bonds. The number of hydrogen-bond acceptors (Lipinski definition) is 3. The molecular formula is C12H18N2O3S. The molecule has 0 heterocycles. The van der Waals surface area contributed by atoms with Crippen LogP contribution in [-0.4, -0.2) is 31.6 Å². The Bertz CT molecular complexity index is 538. The van der Waals surface area contributed by atoms with E-state index >= 15 is 0 Å². The Hall–Kier alpha value is -1.40. The predicted molar refractivity (Wildman–Crippen MR) is 71.9 cm³/mol. The van der Waals surface area contributed by atoms with Crippen molar-refractivity contribution in [3.8, 4) is 0 Å². The van der Waals surface area contributed by atoms with Crippen LogP contribution in [-0.2, 0) is 10.2 Å². The molecule has 0 radical (unpaired) electrons. The van der Waals surface area contributed by atoms with Gasteiger partial charge in [0.15, 0.2) is 5.78 Å². The van der Waals surface area contributed by atoms with Crippen LogP contribution in [0.5, 0.6) is 0 Å². The average molecular weight is 270 g/mol. The van der Waals surface area contributed by atoms with E-state index in [1.54, 1.807) is 38.1 Å². The molecule has 5 nitrogen and oxygen atoms in total. The molecule has 0 aliphatic heterocycles. The number of anilines is 1. The SMILES string of the molecule is CC(=O)c1ccccc1NS(=O)(=O)N(C)C(C)C. The standard InChI is InChI=1S/C12H18N2O3S/c1-9(2)14(4)18(16,17)13-12-8-6-5-7-11(12)10(3)15/h5-9,13H,1-4H3. The Morgan fingerprint density at radius 3 is 2.33 bits per heavy atom. The second kappa shape index (κ2) is 5.49. The van der Waals surface area contributed by atoms with Gasteiger partial charge < -0.3 is 0 Å². The molecule has 1 aromatic carbocycles.